The van der Waals surface area contributed by atoms with Crippen LogP contribution >= 0.6 is 45.2 Å². The third kappa shape index (κ3) is 10.9. The fourth-order valence-electron chi connectivity index (χ4n) is 8.11. The lowest BCUT2D eigenvalue weighted by atomic mass is 9.70. The van der Waals surface area contributed by atoms with Crippen LogP contribution in [0.15, 0.2) is 84.9 Å². The highest BCUT2D eigenvalue weighted by atomic mass is 127. The van der Waals surface area contributed by atoms with E-state index in [0.717, 1.165) is 67.9 Å². The summed E-state index contributed by atoms with van der Waals surface area (Å²) in [5.41, 5.74) is 7.10. The maximum absolute atomic E-state index is 13.9. The lowest BCUT2D eigenvalue weighted by molar-refractivity contribution is 0.0869. The van der Waals surface area contributed by atoms with Gasteiger partial charge in [-0.2, -0.15) is 0 Å². The maximum atomic E-state index is 13.9. The van der Waals surface area contributed by atoms with Crippen LogP contribution < -0.4 is 0 Å². The van der Waals surface area contributed by atoms with Gasteiger partial charge in [0.2, 0.25) is 0 Å². The molecule has 0 saturated carbocycles. The average Bonchev–Trinajstić information content (AvgIpc) is 3.43. The van der Waals surface area contributed by atoms with Gasteiger partial charge in [0, 0.05) is 36.5 Å². The molecular formula is C47H56I2O4. The van der Waals surface area contributed by atoms with Crippen molar-refractivity contribution in [3.8, 4) is 11.1 Å². The standard InChI is InChI=1S/C47H56I2O4/c1-3-5-7-9-11-13-27-47(28-14-12-10-8-6-4-2)41-29-35(45(52)31-43(50)33-15-21-37(48)22-16-33)19-25-39(41)40-26-20-36(30-42(40)47)46(53)32-44(51)34-17-23-38(49)24-18-34/h15-26,29-30,43-44,50-51H,3-14,27-28,31-32H2,1-2H3. The summed E-state index contributed by atoms with van der Waals surface area (Å²) in [4.78, 5) is 27.7. The number of aliphatic hydroxyl groups is 2. The molecule has 53 heavy (non-hydrogen) atoms. The Bertz CT molecular complexity index is 1660. The average molecular weight is 939 g/mol. The second kappa shape index (κ2) is 20.5. The summed E-state index contributed by atoms with van der Waals surface area (Å²) in [6, 6.07) is 27.7. The zero-order chi connectivity index (χ0) is 37.8. The van der Waals surface area contributed by atoms with Crippen molar-refractivity contribution in [2.45, 2.75) is 134 Å². The molecule has 0 amide bonds. The topological polar surface area (TPSA) is 74.6 Å². The van der Waals surface area contributed by atoms with Gasteiger partial charge >= 0.3 is 0 Å². The van der Waals surface area contributed by atoms with E-state index in [1.165, 1.54) is 62.5 Å². The molecular weight excluding hydrogens is 882 g/mol. The summed E-state index contributed by atoms with van der Waals surface area (Å²) >= 11 is 4.49. The van der Waals surface area contributed by atoms with Gasteiger partial charge in [0.1, 0.15) is 0 Å². The monoisotopic (exact) mass is 938 g/mol. The van der Waals surface area contributed by atoms with Crippen LogP contribution in [-0.2, 0) is 5.41 Å². The van der Waals surface area contributed by atoms with Crippen molar-refractivity contribution in [3.63, 3.8) is 0 Å². The van der Waals surface area contributed by atoms with Gasteiger partial charge in [-0.05, 0) is 128 Å². The molecule has 0 spiro atoms. The van der Waals surface area contributed by atoms with Gasteiger partial charge in [-0.1, -0.05) is 139 Å². The molecule has 282 valence electrons. The number of Topliss-reactive ketones (excluding diaryl/α,β-unsaturated/α-hetero) is 2. The molecule has 1 aliphatic carbocycles. The number of halogens is 2. The minimum Gasteiger partial charge on any atom is -0.388 e. The molecule has 2 atom stereocenters. The predicted molar refractivity (Wildman–Crippen MR) is 235 cm³/mol. The lowest BCUT2D eigenvalue weighted by Gasteiger charge is -2.33. The zero-order valence-electron chi connectivity index (χ0n) is 31.5. The smallest absolute Gasteiger partial charge is 0.165 e. The third-order valence-corrected chi connectivity index (χ3v) is 12.6. The highest BCUT2D eigenvalue weighted by Crippen LogP contribution is 2.55. The SMILES string of the molecule is CCCCCCCCC1(CCCCCCCC)c2cc(C(=O)CC(O)c3ccc(I)cc3)ccc2-c2ccc(C(=O)CC(O)c3ccc(I)cc3)cc21. The molecule has 2 N–H and O–H groups in total. The van der Waals surface area contributed by atoms with Crippen LogP contribution in [0.25, 0.3) is 11.1 Å². The Morgan fingerprint density at radius 1 is 0.528 bits per heavy atom. The van der Waals surface area contributed by atoms with Crippen molar-refractivity contribution < 1.29 is 19.8 Å². The van der Waals surface area contributed by atoms with Crippen molar-refractivity contribution in [2.24, 2.45) is 0 Å². The molecule has 1 aliphatic rings. The zero-order valence-corrected chi connectivity index (χ0v) is 35.8. The van der Waals surface area contributed by atoms with Crippen LogP contribution in [0.1, 0.15) is 172 Å². The first kappa shape index (κ1) is 41.8. The van der Waals surface area contributed by atoms with Gasteiger partial charge in [0.15, 0.2) is 11.6 Å². The quantitative estimate of drug-likeness (QED) is 0.0468. The fraction of sp³-hybridized carbons (Fsp3) is 0.447. The van der Waals surface area contributed by atoms with E-state index in [1.54, 1.807) is 0 Å². The van der Waals surface area contributed by atoms with E-state index in [0.29, 0.717) is 11.1 Å². The second-order valence-electron chi connectivity index (χ2n) is 15.0. The molecule has 4 aromatic carbocycles. The van der Waals surface area contributed by atoms with E-state index < -0.39 is 12.2 Å². The Hall–Kier alpha value is -2.40. The van der Waals surface area contributed by atoms with Crippen LogP contribution in [0, 0.1) is 7.14 Å². The number of carbonyl (C=O) groups is 2. The van der Waals surface area contributed by atoms with Gasteiger partial charge in [-0.25, -0.2) is 0 Å². The van der Waals surface area contributed by atoms with Crippen molar-refractivity contribution >= 4 is 56.7 Å². The molecule has 0 bridgehead atoms. The Morgan fingerprint density at radius 3 is 1.26 bits per heavy atom. The van der Waals surface area contributed by atoms with Crippen LogP contribution in [0.2, 0.25) is 0 Å². The maximum Gasteiger partial charge on any atom is 0.165 e. The molecule has 6 heteroatoms. The predicted octanol–water partition coefficient (Wildman–Crippen LogP) is 13.3. The Balaban J connectivity index is 1.49. The molecule has 0 aliphatic heterocycles. The number of aliphatic hydroxyl groups excluding tert-OH is 2. The summed E-state index contributed by atoms with van der Waals surface area (Å²) in [7, 11) is 0. The largest absolute Gasteiger partial charge is 0.388 e. The molecule has 0 saturated heterocycles. The van der Waals surface area contributed by atoms with Crippen LogP contribution in [0.3, 0.4) is 0 Å². The molecule has 4 aromatic rings. The van der Waals surface area contributed by atoms with E-state index in [9.17, 15) is 19.8 Å². The summed E-state index contributed by atoms with van der Waals surface area (Å²) in [5, 5.41) is 22.1. The van der Waals surface area contributed by atoms with Crippen LogP contribution in [-0.4, -0.2) is 21.8 Å². The molecule has 4 nitrogen and oxygen atoms in total. The van der Waals surface area contributed by atoms with E-state index in [4.69, 9.17) is 0 Å². The number of unbranched alkanes of at least 4 members (excludes halogenated alkanes) is 10. The van der Waals surface area contributed by atoms with Gasteiger partial charge in [0.25, 0.3) is 0 Å². The normalized spacial score (nSPS) is 14.1. The molecule has 0 heterocycles. The van der Waals surface area contributed by atoms with E-state index in [2.05, 4.69) is 83.3 Å². The van der Waals surface area contributed by atoms with Crippen molar-refractivity contribution in [1.82, 2.24) is 0 Å². The first-order valence-corrected chi connectivity index (χ1v) is 22.1. The fourth-order valence-corrected chi connectivity index (χ4v) is 8.83. The van der Waals surface area contributed by atoms with E-state index >= 15 is 0 Å². The molecule has 0 fully saturated rings. The van der Waals surface area contributed by atoms with Crippen molar-refractivity contribution in [3.05, 3.63) is 125 Å². The minimum absolute atomic E-state index is 0.0235. The minimum atomic E-state index is -0.871. The van der Waals surface area contributed by atoms with Gasteiger partial charge in [0.05, 0.1) is 12.2 Å². The van der Waals surface area contributed by atoms with Crippen molar-refractivity contribution in [1.29, 1.82) is 0 Å². The Kier molecular flexibility index (Phi) is 16.1. The lowest BCUT2D eigenvalue weighted by Crippen LogP contribution is -2.26. The summed E-state index contributed by atoms with van der Waals surface area (Å²) in [5.74, 6) is -0.133. The number of carbonyl (C=O) groups excluding carboxylic acids is 2. The molecule has 5 rings (SSSR count). The Labute approximate surface area is 344 Å². The molecule has 2 unspecified atom stereocenters. The highest BCUT2D eigenvalue weighted by molar-refractivity contribution is 14.1. The van der Waals surface area contributed by atoms with E-state index in [-0.39, 0.29) is 29.8 Å². The van der Waals surface area contributed by atoms with Crippen molar-refractivity contribution in [2.75, 3.05) is 0 Å². The number of hydrogen-bond donors (Lipinski definition) is 2. The van der Waals surface area contributed by atoms with E-state index in [1.807, 2.05) is 60.7 Å². The van der Waals surface area contributed by atoms with Gasteiger partial charge < -0.3 is 10.2 Å². The number of benzene rings is 4. The summed E-state index contributed by atoms with van der Waals surface area (Å²) in [6.07, 6.45) is 14.6. The van der Waals surface area contributed by atoms with Crippen LogP contribution in [0.5, 0.6) is 0 Å². The molecule has 0 radical (unpaired) electrons. The third-order valence-electron chi connectivity index (χ3n) is 11.2. The van der Waals surface area contributed by atoms with Crippen LogP contribution in [0.4, 0.5) is 0 Å². The first-order valence-electron chi connectivity index (χ1n) is 19.9. The number of hydrogen-bond acceptors (Lipinski definition) is 4. The Morgan fingerprint density at radius 2 is 0.887 bits per heavy atom. The summed E-state index contributed by atoms with van der Waals surface area (Å²) < 4.78 is 2.17. The summed E-state index contributed by atoms with van der Waals surface area (Å²) in [6.45, 7) is 4.50. The highest BCUT2D eigenvalue weighted by Gasteiger charge is 2.43. The van der Waals surface area contributed by atoms with Gasteiger partial charge in [-0.3, -0.25) is 9.59 Å². The number of rotatable bonds is 22. The number of fused-ring (bicyclic) bond motifs is 3. The number of ketones is 2. The second-order valence-corrected chi connectivity index (χ2v) is 17.5. The molecule has 0 aromatic heterocycles. The van der Waals surface area contributed by atoms with Gasteiger partial charge in [-0.15, -0.1) is 0 Å². The first-order chi connectivity index (χ1) is 25.7.